The Bertz CT molecular complexity index is 242. The smallest absolute Gasteiger partial charge is 0.305 e. The van der Waals surface area contributed by atoms with Crippen LogP contribution in [0.1, 0.15) is 13.3 Å². The highest BCUT2D eigenvalue weighted by Crippen LogP contribution is 2.10. The molecule has 5 heteroatoms. The molecule has 1 saturated heterocycles. The van der Waals surface area contributed by atoms with Gasteiger partial charge in [-0.25, -0.2) is 0 Å². The SMILES string of the molecule is CC(=O)N1CCN(C)[C@H](CC(=O)O)C1. The zero-order valence-electron chi connectivity index (χ0n) is 8.56. The first-order chi connectivity index (χ1) is 6.50. The zero-order valence-corrected chi connectivity index (χ0v) is 8.56. The predicted molar refractivity (Wildman–Crippen MR) is 50.9 cm³/mol. The minimum absolute atomic E-state index is 0.0217. The zero-order chi connectivity index (χ0) is 10.7. The van der Waals surface area contributed by atoms with Gasteiger partial charge in [-0.2, -0.15) is 0 Å². The molecule has 0 radical (unpaired) electrons. The van der Waals surface area contributed by atoms with E-state index in [4.69, 9.17) is 5.11 Å². The van der Waals surface area contributed by atoms with Crippen molar-refractivity contribution in [2.45, 2.75) is 19.4 Å². The molecule has 0 aliphatic carbocycles. The van der Waals surface area contributed by atoms with Gasteiger partial charge in [0.15, 0.2) is 0 Å². The topological polar surface area (TPSA) is 60.9 Å². The third kappa shape index (κ3) is 2.70. The molecule has 0 saturated carbocycles. The summed E-state index contributed by atoms with van der Waals surface area (Å²) in [6.45, 7) is 3.49. The molecule has 0 aromatic carbocycles. The van der Waals surface area contributed by atoms with Crippen molar-refractivity contribution in [1.29, 1.82) is 0 Å². The van der Waals surface area contributed by atoms with Gasteiger partial charge < -0.3 is 10.0 Å². The number of carboxylic acid groups (broad SMARTS) is 1. The monoisotopic (exact) mass is 200 g/mol. The van der Waals surface area contributed by atoms with E-state index >= 15 is 0 Å². The fraction of sp³-hybridized carbons (Fsp3) is 0.778. The summed E-state index contributed by atoms with van der Waals surface area (Å²) in [6.07, 6.45) is 0.0975. The lowest BCUT2D eigenvalue weighted by Crippen LogP contribution is -2.53. The lowest BCUT2D eigenvalue weighted by atomic mass is 10.1. The molecule has 1 amide bonds. The molecule has 1 N–H and O–H groups in total. The van der Waals surface area contributed by atoms with Crippen molar-refractivity contribution in [3.05, 3.63) is 0 Å². The molecule has 1 aliphatic rings. The van der Waals surface area contributed by atoms with Gasteiger partial charge in [0, 0.05) is 32.6 Å². The number of amides is 1. The summed E-state index contributed by atoms with van der Waals surface area (Å²) in [5.74, 6) is -0.791. The predicted octanol–water partition coefficient (Wildman–Crippen LogP) is -0.376. The molecular weight excluding hydrogens is 184 g/mol. The summed E-state index contributed by atoms with van der Waals surface area (Å²) in [5, 5.41) is 8.68. The average molecular weight is 200 g/mol. The van der Waals surface area contributed by atoms with Crippen molar-refractivity contribution in [2.24, 2.45) is 0 Å². The summed E-state index contributed by atoms with van der Waals surface area (Å²) < 4.78 is 0. The Balaban J connectivity index is 2.55. The molecule has 1 rings (SSSR count). The van der Waals surface area contributed by atoms with E-state index in [-0.39, 0.29) is 18.4 Å². The van der Waals surface area contributed by atoms with Gasteiger partial charge in [0.05, 0.1) is 6.42 Å². The van der Waals surface area contributed by atoms with Gasteiger partial charge >= 0.3 is 5.97 Å². The number of hydrogen-bond donors (Lipinski definition) is 1. The fourth-order valence-electron chi connectivity index (χ4n) is 1.65. The van der Waals surface area contributed by atoms with Gasteiger partial charge in [0.1, 0.15) is 0 Å². The summed E-state index contributed by atoms with van der Waals surface area (Å²) >= 11 is 0. The third-order valence-corrected chi connectivity index (χ3v) is 2.63. The molecule has 1 fully saturated rings. The van der Waals surface area contributed by atoms with Crippen LogP contribution in [0.3, 0.4) is 0 Å². The summed E-state index contributed by atoms with van der Waals surface area (Å²) in [6, 6.07) is -0.0508. The van der Waals surface area contributed by atoms with Crippen LogP contribution in [0.2, 0.25) is 0 Å². The Hall–Kier alpha value is -1.10. The van der Waals surface area contributed by atoms with E-state index in [1.165, 1.54) is 6.92 Å². The third-order valence-electron chi connectivity index (χ3n) is 2.63. The van der Waals surface area contributed by atoms with Crippen LogP contribution >= 0.6 is 0 Å². The number of piperazine rings is 1. The Morgan fingerprint density at radius 3 is 2.57 bits per heavy atom. The molecule has 1 atom stereocenters. The Labute approximate surface area is 83.3 Å². The highest BCUT2D eigenvalue weighted by molar-refractivity contribution is 5.73. The standard InChI is InChI=1S/C9H16N2O3/c1-7(12)11-4-3-10(2)8(6-11)5-9(13)14/h8H,3-6H2,1-2H3,(H,13,14)/t8-/m1/s1. The van der Waals surface area contributed by atoms with Crippen molar-refractivity contribution >= 4 is 11.9 Å². The molecule has 0 unspecified atom stereocenters. The van der Waals surface area contributed by atoms with E-state index in [0.29, 0.717) is 13.1 Å². The van der Waals surface area contributed by atoms with E-state index in [0.717, 1.165) is 6.54 Å². The largest absolute Gasteiger partial charge is 0.481 e. The highest BCUT2D eigenvalue weighted by atomic mass is 16.4. The van der Waals surface area contributed by atoms with Crippen LogP contribution < -0.4 is 0 Å². The van der Waals surface area contributed by atoms with E-state index in [9.17, 15) is 9.59 Å². The average Bonchev–Trinajstić information content (AvgIpc) is 2.07. The van der Waals surface area contributed by atoms with Crippen LogP contribution in [0.25, 0.3) is 0 Å². The molecule has 80 valence electrons. The maximum atomic E-state index is 11.1. The van der Waals surface area contributed by atoms with Gasteiger partial charge in [-0.3, -0.25) is 14.5 Å². The van der Waals surface area contributed by atoms with Crippen LogP contribution in [-0.2, 0) is 9.59 Å². The number of carbonyl (C=O) groups is 2. The quantitative estimate of drug-likeness (QED) is 0.660. The number of aliphatic carboxylic acids is 1. The first kappa shape index (κ1) is 11.0. The molecule has 0 aromatic heterocycles. The Morgan fingerprint density at radius 2 is 2.07 bits per heavy atom. The number of rotatable bonds is 2. The summed E-state index contributed by atoms with van der Waals surface area (Å²) in [4.78, 5) is 25.4. The minimum Gasteiger partial charge on any atom is -0.481 e. The van der Waals surface area contributed by atoms with Crippen LogP contribution in [0.15, 0.2) is 0 Å². The van der Waals surface area contributed by atoms with Crippen molar-refractivity contribution in [3.8, 4) is 0 Å². The molecule has 0 bridgehead atoms. The van der Waals surface area contributed by atoms with Crippen molar-refractivity contribution in [1.82, 2.24) is 9.80 Å². The first-order valence-electron chi connectivity index (χ1n) is 4.68. The fourth-order valence-corrected chi connectivity index (χ4v) is 1.65. The summed E-state index contributed by atoms with van der Waals surface area (Å²) in [7, 11) is 1.89. The highest BCUT2D eigenvalue weighted by Gasteiger charge is 2.27. The number of carbonyl (C=O) groups excluding carboxylic acids is 1. The van der Waals surface area contributed by atoms with Crippen LogP contribution in [-0.4, -0.2) is 59.5 Å². The second kappa shape index (κ2) is 4.41. The lowest BCUT2D eigenvalue weighted by molar-refractivity contribution is -0.141. The van der Waals surface area contributed by atoms with E-state index < -0.39 is 5.97 Å². The number of hydrogen-bond acceptors (Lipinski definition) is 3. The van der Waals surface area contributed by atoms with Crippen molar-refractivity contribution < 1.29 is 14.7 Å². The second-order valence-electron chi connectivity index (χ2n) is 3.70. The van der Waals surface area contributed by atoms with Gasteiger partial charge in [0.2, 0.25) is 5.91 Å². The van der Waals surface area contributed by atoms with E-state index in [1.54, 1.807) is 4.90 Å². The maximum Gasteiger partial charge on any atom is 0.305 e. The van der Waals surface area contributed by atoms with Gasteiger partial charge in [-0.15, -0.1) is 0 Å². The van der Waals surface area contributed by atoms with E-state index in [1.807, 2.05) is 11.9 Å². The van der Waals surface area contributed by atoms with Crippen LogP contribution in [0, 0.1) is 0 Å². The second-order valence-corrected chi connectivity index (χ2v) is 3.70. The molecule has 5 nitrogen and oxygen atoms in total. The molecule has 14 heavy (non-hydrogen) atoms. The van der Waals surface area contributed by atoms with Crippen LogP contribution in [0.5, 0.6) is 0 Å². The van der Waals surface area contributed by atoms with Gasteiger partial charge in [-0.05, 0) is 7.05 Å². The van der Waals surface area contributed by atoms with Gasteiger partial charge in [-0.1, -0.05) is 0 Å². The van der Waals surface area contributed by atoms with Crippen molar-refractivity contribution in [2.75, 3.05) is 26.7 Å². The van der Waals surface area contributed by atoms with Crippen molar-refractivity contribution in [3.63, 3.8) is 0 Å². The molecule has 1 aliphatic heterocycles. The Morgan fingerprint density at radius 1 is 1.43 bits per heavy atom. The normalized spacial score (nSPS) is 23.6. The first-order valence-corrected chi connectivity index (χ1v) is 4.68. The van der Waals surface area contributed by atoms with Crippen LogP contribution in [0.4, 0.5) is 0 Å². The number of nitrogens with zero attached hydrogens (tertiary/aromatic N) is 2. The maximum absolute atomic E-state index is 11.1. The van der Waals surface area contributed by atoms with Gasteiger partial charge in [0.25, 0.3) is 0 Å². The number of carboxylic acids is 1. The molecule has 1 heterocycles. The molecule has 0 spiro atoms. The molecular formula is C9H16N2O3. The summed E-state index contributed by atoms with van der Waals surface area (Å²) in [5.41, 5.74) is 0. The number of likely N-dealkylation sites (N-methyl/N-ethyl adjacent to an activating group) is 1. The molecule has 0 aromatic rings. The minimum atomic E-state index is -0.813. The van der Waals surface area contributed by atoms with E-state index in [2.05, 4.69) is 0 Å². The Kier molecular flexibility index (Phi) is 3.46. The lowest BCUT2D eigenvalue weighted by Gasteiger charge is -2.38.